The number of carboxylic acids is 1. The van der Waals surface area contributed by atoms with Crippen molar-refractivity contribution in [2.24, 2.45) is 11.8 Å². The van der Waals surface area contributed by atoms with E-state index in [2.05, 4.69) is 27.6 Å². The van der Waals surface area contributed by atoms with Gasteiger partial charge in [0.25, 0.3) is 0 Å². The van der Waals surface area contributed by atoms with Crippen LogP contribution in [-0.4, -0.2) is 26.0 Å². The molecule has 0 aliphatic heterocycles. The number of hydrogen-bond acceptors (Lipinski definition) is 4. The van der Waals surface area contributed by atoms with E-state index in [1.54, 1.807) is 0 Å². The maximum atomic E-state index is 12.2. The summed E-state index contributed by atoms with van der Waals surface area (Å²) in [5.41, 5.74) is 0. The van der Waals surface area contributed by atoms with E-state index < -0.39 is 16.0 Å². The summed E-state index contributed by atoms with van der Waals surface area (Å²) in [5.74, 6) is -0.235. The van der Waals surface area contributed by atoms with Gasteiger partial charge in [-0.05, 0) is 40.3 Å². The van der Waals surface area contributed by atoms with E-state index in [1.165, 1.54) is 6.07 Å². The number of halogens is 1. The average Bonchev–Trinajstić information content (AvgIpc) is 2.93. The summed E-state index contributed by atoms with van der Waals surface area (Å²) >= 11 is 4.03. The Labute approximate surface area is 130 Å². The zero-order chi connectivity index (χ0) is 14.9. The van der Waals surface area contributed by atoms with Gasteiger partial charge in [0.15, 0.2) is 0 Å². The summed E-state index contributed by atoms with van der Waals surface area (Å²) in [5, 5.41) is 8.90. The lowest BCUT2D eigenvalue weighted by atomic mass is 9.99. The van der Waals surface area contributed by atoms with Crippen LogP contribution in [0, 0.1) is 11.8 Å². The minimum atomic E-state index is -3.66. The third-order valence-corrected chi connectivity index (χ3v) is 7.39. The lowest BCUT2D eigenvalue weighted by Crippen LogP contribution is -2.30. The smallest absolute Gasteiger partial charge is 0.345 e. The third kappa shape index (κ3) is 3.41. The van der Waals surface area contributed by atoms with Crippen molar-refractivity contribution in [1.82, 2.24) is 4.72 Å². The van der Waals surface area contributed by atoms with Gasteiger partial charge in [0, 0.05) is 6.54 Å². The van der Waals surface area contributed by atoms with Crippen LogP contribution in [0.1, 0.15) is 35.9 Å². The number of carbonyl (C=O) groups is 1. The Balaban J connectivity index is 2.12. The molecule has 2 rings (SSSR count). The van der Waals surface area contributed by atoms with E-state index in [4.69, 9.17) is 5.11 Å². The first-order valence-electron chi connectivity index (χ1n) is 6.33. The third-order valence-electron chi connectivity index (χ3n) is 3.73. The molecule has 0 radical (unpaired) electrons. The topological polar surface area (TPSA) is 83.5 Å². The van der Waals surface area contributed by atoms with Gasteiger partial charge < -0.3 is 5.11 Å². The molecular formula is C12H16BrNO4S2. The molecule has 2 atom stereocenters. The van der Waals surface area contributed by atoms with Gasteiger partial charge >= 0.3 is 5.97 Å². The van der Waals surface area contributed by atoms with Crippen LogP contribution < -0.4 is 4.72 Å². The lowest BCUT2D eigenvalue weighted by molar-refractivity contribution is 0.0702. The molecule has 0 saturated heterocycles. The highest BCUT2D eigenvalue weighted by molar-refractivity contribution is 9.11. The molecule has 5 nitrogen and oxygen atoms in total. The molecule has 112 valence electrons. The van der Waals surface area contributed by atoms with E-state index in [-0.39, 0.29) is 9.77 Å². The van der Waals surface area contributed by atoms with E-state index in [9.17, 15) is 13.2 Å². The number of thiophene rings is 1. The van der Waals surface area contributed by atoms with Crippen molar-refractivity contribution in [3.05, 3.63) is 14.7 Å². The number of carboxylic acid groups (broad SMARTS) is 1. The summed E-state index contributed by atoms with van der Waals surface area (Å²) in [6.07, 6.45) is 3.31. The maximum Gasteiger partial charge on any atom is 0.345 e. The number of aromatic carboxylic acids is 1. The Morgan fingerprint density at radius 1 is 1.55 bits per heavy atom. The fraction of sp³-hybridized carbons (Fsp3) is 0.583. The van der Waals surface area contributed by atoms with Gasteiger partial charge in [0.2, 0.25) is 10.0 Å². The molecule has 1 aromatic heterocycles. The monoisotopic (exact) mass is 381 g/mol. The second-order valence-electron chi connectivity index (χ2n) is 5.07. The van der Waals surface area contributed by atoms with Gasteiger partial charge in [0.05, 0.1) is 3.79 Å². The molecule has 0 aromatic carbocycles. The van der Waals surface area contributed by atoms with Crippen molar-refractivity contribution >= 4 is 43.3 Å². The number of hydrogen-bond donors (Lipinski definition) is 2. The molecule has 1 fully saturated rings. The van der Waals surface area contributed by atoms with Gasteiger partial charge in [-0.2, -0.15) is 0 Å². The van der Waals surface area contributed by atoms with Gasteiger partial charge in [-0.15, -0.1) is 11.3 Å². The second-order valence-corrected chi connectivity index (χ2v) is 9.18. The quantitative estimate of drug-likeness (QED) is 0.820. The molecule has 20 heavy (non-hydrogen) atoms. The fourth-order valence-corrected chi connectivity index (χ4v) is 5.96. The van der Waals surface area contributed by atoms with Crippen LogP contribution >= 0.6 is 27.3 Å². The van der Waals surface area contributed by atoms with Gasteiger partial charge in [-0.25, -0.2) is 17.9 Å². The fourth-order valence-electron chi connectivity index (χ4n) is 2.46. The molecule has 1 saturated carbocycles. The zero-order valence-electron chi connectivity index (χ0n) is 10.9. The Hall–Kier alpha value is -0.440. The predicted octanol–water partition coefficient (Wildman–Crippen LogP) is 2.92. The van der Waals surface area contributed by atoms with Crippen LogP contribution in [0.5, 0.6) is 0 Å². The number of rotatable bonds is 5. The summed E-state index contributed by atoms with van der Waals surface area (Å²) in [7, 11) is -3.66. The van der Waals surface area contributed by atoms with Crippen LogP contribution in [-0.2, 0) is 10.0 Å². The first kappa shape index (κ1) is 15.9. The molecule has 0 amide bonds. The van der Waals surface area contributed by atoms with Crippen molar-refractivity contribution in [2.75, 3.05) is 6.54 Å². The number of nitrogens with one attached hydrogen (secondary N) is 1. The Morgan fingerprint density at radius 3 is 2.75 bits per heavy atom. The average molecular weight is 382 g/mol. The number of sulfonamides is 1. The summed E-state index contributed by atoms with van der Waals surface area (Å²) in [4.78, 5) is 10.9. The highest BCUT2D eigenvalue weighted by atomic mass is 79.9. The Bertz CT molecular complexity index is 611. The SMILES string of the molecule is CC1CCCC1CNS(=O)(=O)c1cc(C(=O)O)sc1Br. The summed E-state index contributed by atoms with van der Waals surface area (Å²) in [6.45, 7) is 2.54. The van der Waals surface area contributed by atoms with Crippen LogP contribution in [0.15, 0.2) is 14.7 Å². The van der Waals surface area contributed by atoms with Crippen LogP contribution in [0.4, 0.5) is 0 Å². The summed E-state index contributed by atoms with van der Waals surface area (Å²) in [6, 6.07) is 1.19. The molecule has 1 heterocycles. The van der Waals surface area contributed by atoms with Crippen molar-refractivity contribution < 1.29 is 18.3 Å². The molecule has 1 aromatic rings. The largest absolute Gasteiger partial charge is 0.477 e. The summed E-state index contributed by atoms with van der Waals surface area (Å²) < 4.78 is 27.4. The first-order chi connectivity index (χ1) is 9.31. The van der Waals surface area contributed by atoms with Crippen LogP contribution in [0.3, 0.4) is 0 Å². The van der Waals surface area contributed by atoms with Gasteiger partial charge in [-0.3, -0.25) is 0 Å². The first-order valence-corrected chi connectivity index (χ1v) is 9.43. The maximum absolute atomic E-state index is 12.2. The van der Waals surface area contributed by atoms with E-state index in [0.29, 0.717) is 22.2 Å². The van der Waals surface area contributed by atoms with Crippen LogP contribution in [0.2, 0.25) is 0 Å². The lowest BCUT2D eigenvalue weighted by Gasteiger charge is -2.15. The Kier molecular flexibility index (Phi) is 4.88. The van der Waals surface area contributed by atoms with Gasteiger partial charge in [0.1, 0.15) is 9.77 Å². The van der Waals surface area contributed by atoms with Crippen LogP contribution in [0.25, 0.3) is 0 Å². The van der Waals surface area contributed by atoms with E-state index in [1.807, 2.05) is 0 Å². The molecule has 2 unspecified atom stereocenters. The molecule has 0 spiro atoms. The molecular weight excluding hydrogens is 366 g/mol. The minimum absolute atomic E-state index is 0.00514. The van der Waals surface area contributed by atoms with E-state index >= 15 is 0 Å². The Morgan fingerprint density at radius 2 is 2.25 bits per heavy atom. The minimum Gasteiger partial charge on any atom is -0.477 e. The van der Waals surface area contributed by atoms with Crippen molar-refractivity contribution in [2.45, 2.75) is 31.1 Å². The standard InChI is InChI=1S/C12H16BrNO4S2/c1-7-3-2-4-8(7)6-14-20(17,18)10-5-9(12(15)16)19-11(10)13/h5,7-8,14H,2-4,6H2,1H3,(H,15,16). The molecule has 8 heteroatoms. The van der Waals surface area contributed by atoms with Crippen molar-refractivity contribution in [1.29, 1.82) is 0 Å². The molecule has 2 N–H and O–H groups in total. The zero-order valence-corrected chi connectivity index (χ0v) is 14.1. The second kappa shape index (κ2) is 6.13. The van der Waals surface area contributed by atoms with Crippen molar-refractivity contribution in [3.8, 4) is 0 Å². The highest BCUT2D eigenvalue weighted by Crippen LogP contribution is 2.33. The van der Waals surface area contributed by atoms with Crippen molar-refractivity contribution in [3.63, 3.8) is 0 Å². The van der Waals surface area contributed by atoms with E-state index in [0.717, 1.165) is 30.6 Å². The molecule has 1 aliphatic rings. The van der Waals surface area contributed by atoms with Gasteiger partial charge in [-0.1, -0.05) is 19.8 Å². The predicted molar refractivity (Wildman–Crippen MR) is 80.7 cm³/mol. The molecule has 0 bridgehead atoms. The highest BCUT2D eigenvalue weighted by Gasteiger charge is 2.27. The molecule has 1 aliphatic carbocycles. The normalized spacial score (nSPS) is 23.1.